The number of alkyl carbamates (subject to hydrolysis) is 3. The third-order valence-corrected chi connectivity index (χ3v) is 34.3. The zero-order valence-electron chi connectivity index (χ0n) is 89.9. The van der Waals surface area contributed by atoms with Crippen LogP contribution in [0.5, 0.6) is 0 Å². The maximum Gasteiger partial charge on any atom is 0.494 e. The molecule has 6 aromatic rings. The van der Waals surface area contributed by atoms with Crippen molar-refractivity contribution in [1.82, 2.24) is 35.6 Å². The van der Waals surface area contributed by atoms with Crippen LogP contribution in [0.1, 0.15) is 283 Å². The Kier molecular flexibility index (Phi) is 31.0. The van der Waals surface area contributed by atoms with E-state index in [4.69, 9.17) is 48.2 Å². The highest BCUT2D eigenvalue weighted by Gasteiger charge is 2.54. The molecule has 5 saturated heterocycles. The van der Waals surface area contributed by atoms with Crippen LogP contribution in [0.2, 0.25) is 0 Å². The molecule has 13 aliphatic rings. The van der Waals surface area contributed by atoms with Crippen molar-refractivity contribution in [1.29, 1.82) is 0 Å². The number of esters is 1. The summed E-state index contributed by atoms with van der Waals surface area (Å²) in [5.41, 5.74) is 26.0. The van der Waals surface area contributed by atoms with Gasteiger partial charge in [-0.2, -0.15) is 0 Å². The Labute approximate surface area is 863 Å². The summed E-state index contributed by atoms with van der Waals surface area (Å²) in [4.78, 5) is 131. The lowest BCUT2D eigenvalue weighted by atomic mass is 9.77. The zero-order valence-corrected chi connectivity index (χ0v) is 89.9. The van der Waals surface area contributed by atoms with Gasteiger partial charge in [0.15, 0.2) is 0 Å². The number of anilines is 2. The first-order valence-corrected chi connectivity index (χ1v) is 53.7. The number of rotatable bonds is 23. The number of hydrogen-bond acceptors (Lipinski definition) is 20. The molecule has 9 aliphatic heterocycles. The molecule has 0 aromatic heterocycles. The molecule has 6 aromatic carbocycles. The van der Waals surface area contributed by atoms with Gasteiger partial charge < -0.3 is 74.4 Å². The van der Waals surface area contributed by atoms with E-state index in [1.54, 1.807) is 11.1 Å². The summed E-state index contributed by atoms with van der Waals surface area (Å²) in [6.45, 7) is 37.1. The van der Waals surface area contributed by atoms with Gasteiger partial charge in [-0.25, -0.2) is 14.4 Å². The van der Waals surface area contributed by atoms with Crippen molar-refractivity contribution in [2.24, 2.45) is 60.4 Å². The molecule has 19 rings (SSSR count). The number of amidine groups is 2. The van der Waals surface area contributed by atoms with Crippen molar-refractivity contribution in [3.8, 4) is 33.4 Å². The van der Waals surface area contributed by atoms with E-state index in [1.165, 1.54) is 154 Å². The third-order valence-electron chi connectivity index (χ3n) is 34.3. The molecule has 4 aliphatic carbocycles. The van der Waals surface area contributed by atoms with Crippen LogP contribution in [0.15, 0.2) is 142 Å². The van der Waals surface area contributed by atoms with Crippen molar-refractivity contribution in [2.75, 3.05) is 65.3 Å². The van der Waals surface area contributed by atoms with Crippen LogP contribution in [0.3, 0.4) is 0 Å². The number of ether oxygens (including phenoxy) is 4. The zero-order chi connectivity index (χ0) is 104. The highest BCUT2D eigenvalue weighted by atomic mass is 16.7. The number of likely N-dealkylation sites (tertiary alicyclic amines) is 4. The first kappa shape index (κ1) is 106. The second-order valence-corrected chi connectivity index (χ2v) is 46.7. The fourth-order valence-electron chi connectivity index (χ4n) is 25.3. The lowest BCUT2D eigenvalue weighted by molar-refractivity contribution is -0.148. The van der Waals surface area contributed by atoms with Crippen LogP contribution in [-0.4, -0.2) is 206 Å². The molecule has 2 spiro atoms. The fourth-order valence-corrected chi connectivity index (χ4v) is 25.3. The molecule has 778 valence electrons. The number of methoxy groups -OCH3 is 4. The molecular formula is C118H154BN13O14. The predicted octanol–water partition coefficient (Wildman–Crippen LogP) is 20.4. The standard InChI is InChI=1S/C55H69N7O6.C36H44N2O3.C27H41BN4O5/c1-32(2)47(58-52(65)67-7)50(63)61-25-11-13-45(61)44-28-37(31-56-44)34-15-17-35(18-16-34)38-20-21-39(41-30-55(29-40(38)41)23-9-10-24-55)36-19-22-42-43(27-36)57-49(60-54(42,5)6)46-14-12-26-62(46)51(64)48(33(3)4)59-53(66)68-8;1-23(2)29(19-34(39)41-4)35(40)38-17-7-8-33(38)32-18-27(22-37-32)25-10-12-26(13-11-25)28-14-9-24(3)30-20-36(21-31(28)30)15-5-6-16-36;1-16(2)21(30-24(34)35-9)23(33)32-14-10-11-20(32)22-29-19-15-17(12-13-18(19)25(3,4)31-22)28-36-26(5,6)27(7,8)37-28/h15-22,27,31-33,45-48H,9-14,23-26,28-30H2,1-8H3,(H,57,60)(H,58,65)(H,59,66);9-14,22-23,29,33H,5-8,15-21H2,1-4H3;12-13,15-16,20-21H,10-11,14H2,1-9H3,(H,29,31)(H,30,34). The Hall–Kier alpha value is -11.8. The molecule has 146 heavy (non-hydrogen) atoms. The van der Waals surface area contributed by atoms with Gasteiger partial charge in [-0.1, -0.05) is 178 Å². The average Bonchev–Trinajstić information content (AvgIpc) is 1.54. The Bertz CT molecular complexity index is 6170. The van der Waals surface area contributed by atoms with E-state index >= 15 is 0 Å². The number of aryl methyl sites for hydroxylation is 1. The molecule has 7 amide bonds. The number of benzene rings is 6. The van der Waals surface area contributed by atoms with Gasteiger partial charge in [0.2, 0.25) is 23.6 Å². The second kappa shape index (κ2) is 42.8. The molecule has 0 bridgehead atoms. The quantitative estimate of drug-likeness (QED) is 0.0226. The number of carbonyl (C=O) groups is 8. The van der Waals surface area contributed by atoms with E-state index in [1.807, 2.05) is 121 Å². The number of nitrogens with one attached hydrogen (secondary N) is 5. The maximum absolute atomic E-state index is 14.1. The average molecular weight is 1990 g/mol. The molecular weight excluding hydrogens is 1830 g/mol. The summed E-state index contributed by atoms with van der Waals surface area (Å²) in [6.07, 6.45) is 25.9. The van der Waals surface area contributed by atoms with Gasteiger partial charge in [-0.05, 0) is 301 Å². The lowest BCUT2D eigenvalue weighted by Gasteiger charge is -2.37. The first-order valence-electron chi connectivity index (χ1n) is 53.7. The maximum atomic E-state index is 14.1. The summed E-state index contributed by atoms with van der Waals surface area (Å²) in [5.74, 6) is 0.363. The van der Waals surface area contributed by atoms with Gasteiger partial charge in [-0.3, -0.25) is 43.9 Å². The van der Waals surface area contributed by atoms with Crippen molar-refractivity contribution in [3.63, 3.8) is 0 Å². The van der Waals surface area contributed by atoms with E-state index in [2.05, 4.69) is 164 Å². The van der Waals surface area contributed by atoms with Gasteiger partial charge >= 0.3 is 31.4 Å². The number of fused-ring (bicyclic) bond motifs is 4. The molecule has 5 N–H and O–H groups in total. The van der Waals surface area contributed by atoms with Crippen molar-refractivity contribution >= 4 is 106 Å². The topological polar surface area (TPSA) is 314 Å². The van der Waals surface area contributed by atoms with Crippen LogP contribution in [0.4, 0.5) is 25.8 Å². The van der Waals surface area contributed by atoms with Gasteiger partial charge in [-0.15, -0.1) is 0 Å². The molecule has 8 atom stereocenters. The van der Waals surface area contributed by atoms with Crippen molar-refractivity contribution in [2.45, 2.75) is 330 Å². The first-order chi connectivity index (χ1) is 69.5. The smallest absolute Gasteiger partial charge is 0.469 e. The molecule has 2 saturated carbocycles. The number of carbonyl (C=O) groups excluding carboxylic acids is 8. The summed E-state index contributed by atoms with van der Waals surface area (Å²) in [7, 11) is 4.84. The highest BCUT2D eigenvalue weighted by molar-refractivity contribution is 6.62. The largest absolute Gasteiger partial charge is 0.494 e. The summed E-state index contributed by atoms with van der Waals surface area (Å²) in [6, 6.07) is 37.8. The minimum Gasteiger partial charge on any atom is -0.469 e. The summed E-state index contributed by atoms with van der Waals surface area (Å²) in [5, 5.41) is 15.5. The Morgan fingerprint density at radius 1 is 0.411 bits per heavy atom. The Balaban J connectivity index is 0.000000160. The van der Waals surface area contributed by atoms with Crippen LogP contribution in [0, 0.1) is 47.3 Å². The molecule has 8 unspecified atom stereocenters. The van der Waals surface area contributed by atoms with Gasteiger partial charge in [0.05, 0.1) is 87.2 Å². The minimum atomic E-state index is -0.700. The third kappa shape index (κ3) is 21.5. The SMILES string of the molecule is COC(=O)CC(C(=O)N1CCCC1C1=NC=C(c2ccc(-c3ccc(C)c4c3CC3(CCCC3)C4)cc2)C1)C(C)C.COC(=O)NC(C(=O)N1CCCC1C1=NC(C)(C)c2ccc(B3OC(C)(C)C(C)(C)O3)cc2N1)C(C)C.COC(=O)NC(C(=O)N1CCCC1C1=NC=C(c2ccc(-c3ccc(-c4ccc5c(c4)NC(C4CCCN4C(=O)C(NC(=O)OC)C(C)C)=NC5(C)C)c4c3CC3(CCCC3)C4)cc2)C1)C(C)C. The highest BCUT2D eigenvalue weighted by Crippen LogP contribution is 2.56. The molecule has 27 nitrogen and oxygen atoms in total. The number of nitrogens with zero attached hydrogens (tertiary/aromatic N) is 8. The molecule has 0 radical (unpaired) electrons. The van der Waals surface area contributed by atoms with E-state index in [9.17, 15) is 38.4 Å². The van der Waals surface area contributed by atoms with Gasteiger partial charge in [0.25, 0.3) is 0 Å². The predicted molar refractivity (Wildman–Crippen MR) is 577 cm³/mol. The normalized spacial score (nSPS) is 22.5. The van der Waals surface area contributed by atoms with Crippen molar-refractivity contribution in [3.05, 3.63) is 172 Å². The van der Waals surface area contributed by atoms with Crippen LogP contribution in [0.25, 0.3) is 44.5 Å². The Morgan fingerprint density at radius 3 is 1.16 bits per heavy atom. The van der Waals surface area contributed by atoms with E-state index in [-0.39, 0.29) is 89.8 Å². The van der Waals surface area contributed by atoms with E-state index in [0.717, 1.165) is 139 Å². The van der Waals surface area contributed by atoms with E-state index in [0.29, 0.717) is 36.9 Å². The molecule has 28 heteroatoms. The molecule has 9 heterocycles. The number of aliphatic imine (C=N–C) groups is 4. The number of amides is 7. The summed E-state index contributed by atoms with van der Waals surface area (Å²) >= 11 is 0. The van der Waals surface area contributed by atoms with Crippen LogP contribution in [-0.2, 0) is 89.0 Å². The second-order valence-electron chi connectivity index (χ2n) is 46.7. The minimum absolute atomic E-state index is 0.00692. The van der Waals surface area contributed by atoms with Crippen molar-refractivity contribution < 1.29 is 66.6 Å². The number of allylic oxidation sites excluding steroid dienone is 2. The fraction of sp³-hybridized carbons (Fsp3) is 0.559. The molecule has 7 fully saturated rings. The van der Waals surface area contributed by atoms with Gasteiger partial charge in [0.1, 0.15) is 29.8 Å². The number of hydrogen-bond donors (Lipinski definition) is 5. The van der Waals surface area contributed by atoms with Crippen LogP contribution >= 0.6 is 0 Å². The van der Waals surface area contributed by atoms with E-state index < -0.39 is 65.8 Å². The van der Waals surface area contributed by atoms with Crippen LogP contribution < -0.4 is 32.0 Å². The lowest BCUT2D eigenvalue weighted by Crippen LogP contribution is -2.55. The monoisotopic (exact) mass is 1990 g/mol. The summed E-state index contributed by atoms with van der Waals surface area (Å²) < 4.78 is 31.9. The Morgan fingerprint density at radius 2 is 0.760 bits per heavy atom. The van der Waals surface area contributed by atoms with Gasteiger partial charge in [0, 0.05) is 85.3 Å².